The Morgan fingerprint density at radius 1 is 1.42 bits per heavy atom. The van der Waals surface area contributed by atoms with E-state index in [1.165, 1.54) is 0 Å². The van der Waals surface area contributed by atoms with Gasteiger partial charge in [-0.1, -0.05) is 12.1 Å². The highest BCUT2D eigenvalue weighted by atomic mass is 79.9. The Balaban J connectivity index is 2.14. The van der Waals surface area contributed by atoms with Crippen LogP contribution in [0.1, 0.15) is 12.8 Å². The fourth-order valence-corrected chi connectivity index (χ4v) is 2.22. The average molecular weight is 322 g/mol. The van der Waals surface area contributed by atoms with E-state index in [-0.39, 0.29) is 5.91 Å². The molecule has 2 N–H and O–H groups in total. The number of pyridine rings is 1. The number of fused-ring (bicyclic) bond motifs is 1. The van der Waals surface area contributed by atoms with Crippen LogP contribution in [-0.4, -0.2) is 24.5 Å². The topological polar surface area (TPSA) is 54.0 Å². The smallest absolute Gasteiger partial charge is 0.224 e. The number of halogens is 1. The van der Waals surface area contributed by atoms with Crippen molar-refractivity contribution in [2.75, 3.05) is 18.9 Å². The molecule has 0 saturated heterocycles. The second-order valence-electron chi connectivity index (χ2n) is 4.29. The number of benzene rings is 1. The first kappa shape index (κ1) is 14.0. The summed E-state index contributed by atoms with van der Waals surface area (Å²) in [5.74, 6) is 0.0208. The molecule has 0 saturated carbocycles. The third-order valence-electron chi connectivity index (χ3n) is 2.78. The van der Waals surface area contributed by atoms with Crippen molar-refractivity contribution in [2.45, 2.75) is 12.8 Å². The Hall–Kier alpha value is -1.46. The van der Waals surface area contributed by atoms with Crippen LogP contribution in [0.25, 0.3) is 10.9 Å². The zero-order valence-electron chi connectivity index (χ0n) is 10.7. The maximum atomic E-state index is 11.8. The molecule has 100 valence electrons. The van der Waals surface area contributed by atoms with E-state index < -0.39 is 0 Å². The zero-order chi connectivity index (χ0) is 13.7. The Bertz CT molecular complexity index is 586. The lowest BCUT2D eigenvalue weighted by atomic mass is 10.2. The van der Waals surface area contributed by atoms with Gasteiger partial charge in [0.1, 0.15) is 0 Å². The van der Waals surface area contributed by atoms with Crippen LogP contribution < -0.4 is 10.6 Å². The summed E-state index contributed by atoms with van der Waals surface area (Å²) in [4.78, 5) is 16.2. The highest BCUT2D eigenvalue weighted by Crippen LogP contribution is 2.23. The Labute approximate surface area is 120 Å². The van der Waals surface area contributed by atoms with Gasteiger partial charge in [0.25, 0.3) is 0 Å². The van der Waals surface area contributed by atoms with E-state index >= 15 is 0 Å². The van der Waals surface area contributed by atoms with Gasteiger partial charge in [-0.25, -0.2) is 0 Å². The largest absolute Gasteiger partial charge is 0.324 e. The number of aromatic nitrogens is 1. The zero-order valence-corrected chi connectivity index (χ0v) is 12.3. The number of hydrogen-bond donors (Lipinski definition) is 2. The minimum atomic E-state index is 0.0208. The Morgan fingerprint density at radius 2 is 2.26 bits per heavy atom. The molecule has 0 unspecified atom stereocenters. The monoisotopic (exact) mass is 321 g/mol. The molecule has 1 aromatic heterocycles. The fourth-order valence-electron chi connectivity index (χ4n) is 1.87. The molecule has 0 aliphatic carbocycles. The number of para-hydroxylation sites is 1. The quantitative estimate of drug-likeness (QED) is 0.832. The molecule has 1 amide bonds. The molecule has 0 aliphatic rings. The molecule has 0 bridgehead atoms. The minimum Gasteiger partial charge on any atom is -0.324 e. The average Bonchev–Trinajstić information content (AvgIpc) is 2.39. The van der Waals surface area contributed by atoms with Gasteiger partial charge in [0.15, 0.2) is 0 Å². The molecule has 0 spiro atoms. The molecule has 2 rings (SSSR count). The molecule has 0 fully saturated rings. The highest BCUT2D eigenvalue weighted by molar-refractivity contribution is 9.10. The molecule has 2 aromatic rings. The van der Waals surface area contributed by atoms with Crippen LogP contribution >= 0.6 is 15.9 Å². The van der Waals surface area contributed by atoms with Crippen molar-refractivity contribution in [1.29, 1.82) is 0 Å². The molecule has 0 atom stereocenters. The molecular weight excluding hydrogens is 306 g/mol. The van der Waals surface area contributed by atoms with Gasteiger partial charge < -0.3 is 10.6 Å². The predicted octanol–water partition coefficient (Wildman–Crippen LogP) is 2.94. The molecule has 1 aromatic carbocycles. The molecule has 1 heterocycles. The summed E-state index contributed by atoms with van der Waals surface area (Å²) in [6, 6.07) is 7.75. The second-order valence-corrected chi connectivity index (χ2v) is 5.20. The van der Waals surface area contributed by atoms with Crippen molar-refractivity contribution in [3.05, 3.63) is 34.9 Å². The van der Waals surface area contributed by atoms with Crippen LogP contribution in [0.2, 0.25) is 0 Å². The number of carbonyl (C=O) groups excluding carboxylic acids is 1. The summed E-state index contributed by atoms with van der Waals surface area (Å²) in [5, 5.41) is 6.95. The van der Waals surface area contributed by atoms with Crippen molar-refractivity contribution >= 4 is 38.4 Å². The van der Waals surface area contributed by atoms with Gasteiger partial charge >= 0.3 is 0 Å². The Morgan fingerprint density at radius 3 is 3.05 bits per heavy atom. The predicted molar refractivity (Wildman–Crippen MR) is 81.2 cm³/mol. The standard InChI is InChI=1S/C14H16BrN3O/c1-16-7-3-6-13(19)18-12-5-2-4-10-8-11(15)9-17-14(10)12/h2,4-5,8-9,16H,3,6-7H2,1H3,(H,18,19). The second kappa shape index (κ2) is 6.63. The molecule has 5 heteroatoms. The van der Waals surface area contributed by atoms with Crippen molar-refractivity contribution in [1.82, 2.24) is 10.3 Å². The van der Waals surface area contributed by atoms with Gasteiger partial charge in [-0.15, -0.1) is 0 Å². The van der Waals surface area contributed by atoms with Gasteiger partial charge in [-0.3, -0.25) is 9.78 Å². The number of anilines is 1. The summed E-state index contributed by atoms with van der Waals surface area (Å²) in [5.41, 5.74) is 1.58. The number of nitrogens with one attached hydrogen (secondary N) is 2. The number of carbonyl (C=O) groups is 1. The number of amides is 1. The van der Waals surface area contributed by atoms with E-state index in [0.29, 0.717) is 6.42 Å². The third kappa shape index (κ3) is 3.75. The van der Waals surface area contributed by atoms with E-state index in [1.54, 1.807) is 6.20 Å². The minimum absolute atomic E-state index is 0.0208. The van der Waals surface area contributed by atoms with Gasteiger partial charge in [-0.05, 0) is 48.1 Å². The van der Waals surface area contributed by atoms with Crippen LogP contribution in [0.15, 0.2) is 34.9 Å². The van der Waals surface area contributed by atoms with Crippen LogP contribution in [-0.2, 0) is 4.79 Å². The van der Waals surface area contributed by atoms with Crippen molar-refractivity contribution < 1.29 is 4.79 Å². The first-order chi connectivity index (χ1) is 9.20. The van der Waals surface area contributed by atoms with E-state index in [9.17, 15) is 4.79 Å². The SMILES string of the molecule is CNCCCC(=O)Nc1cccc2cc(Br)cnc12. The Kier molecular flexibility index (Phi) is 4.87. The van der Waals surface area contributed by atoms with Crippen LogP contribution in [0.4, 0.5) is 5.69 Å². The summed E-state index contributed by atoms with van der Waals surface area (Å²) in [6.07, 6.45) is 3.07. The lowest BCUT2D eigenvalue weighted by Crippen LogP contribution is -2.15. The van der Waals surface area contributed by atoms with E-state index in [0.717, 1.165) is 34.0 Å². The molecule has 19 heavy (non-hydrogen) atoms. The van der Waals surface area contributed by atoms with Gasteiger partial charge in [0, 0.05) is 22.5 Å². The number of hydrogen-bond acceptors (Lipinski definition) is 3. The summed E-state index contributed by atoms with van der Waals surface area (Å²) in [6.45, 7) is 0.841. The van der Waals surface area contributed by atoms with Crippen LogP contribution in [0.3, 0.4) is 0 Å². The number of rotatable bonds is 5. The lowest BCUT2D eigenvalue weighted by Gasteiger charge is -2.08. The maximum Gasteiger partial charge on any atom is 0.224 e. The van der Waals surface area contributed by atoms with Crippen LogP contribution in [0, 0.1) is 0 Å². The van der Waals surface area contributed by atoms with E-state index in [2.05, 4.69) is 31.5 Å². The first-order valence-corrected chi connectivity index (χ1v) is 6.99. The summed E-state index contributed by atoms with van der Waals surface area (Å²) >= 11 is 3.39. The highest BCUT2D eigenvalue weighted by Gasteiger charge is 2.06. The molecule has 4 nitrogen and oxygen atoms in total. The van der Waals surface area contributed by atoms with Crippen molar-refractivity contribution in [3.63, 3.8) is 0 Å². The van der Waals surface area contributed by atoms with Gasteiger partial charge in [0.05, 0.1) is 11.2 Å². The summed E-state index contributed by atoms with van der Waals surface area (Å²) in [7, 11) is 1.88. The fraction of sp³-hybridized carbons (Fsp3) is 0.286. The third-order valence-corrected chi connectivity index (χ3v) is 3.22. The summed E-state index contributed by atoms with van der Waals surface area (Å²) < 4.78 is 0.928. The van der Waals surface area contributed by atoms with E-state index in [1.807, 2.05) is 31.3 Å². The first-order valence-electron chi connectivity index (χ1n) is 6.19. The van der Waals surface area contributed by atoms with Crippen molar-refractivity contribution in [2.24, 2.45) is 0 Å². The van der Waals surface area contributed by atoms with E-state index in [4.69, 9.17) is 0 Å². The lowest BCUT2D eigenvalue weighted by molar-refractivity contribution is -0.116. The van der Waals surface area contributed by atoms with Gasteiger partial charge in [-0.2, -0.15) is 0 Å². The molecule has 0 aliphatic heterocycles. The van der Waals surface area contributed by atoms with Gasteiger partial charge in [0.2, 0.25) is 5.91 Å². The van der Waals surface area contributed by atoms with Crippen molar-refractivity contribution in [3.8, 4) is 0 Å². The molecule has 0 radical (unpaired) electrons. The number of nitrogens with zero attached hydrogens (tertiary/aromatic N) is 1. The van der Waals surface area contributed by atoms with Crippen LogP contribution in [0.5, 0.6) is 0 Å². The maximum absolute atomic E-state index is 11.8. The molecular formula is C14H16BrN3O. The normalized spacial score (nSPS) is 10.6.